The topological polar surface area (TPSA) is 75.8 Å². The fourth-order valence-corrected chi connectivity index (χ4v) is 3.19. The number of hydrogen-bond acceptors (Lipinski definition) is 4. The van der Waals surface area contributed by atoms with Gasteiger partial charge in [0, 0.05) is 25.0 Å². The summed E-state index contributed by atoms with van der Waals surface area (Å²) in [5.41, 5.74) is 7.73. The second-order valence-corrected chi connectivity index (χ2v) is 6.66. The van der Waals surface area contributed by atoms with Crippen molar-refractivity contribution in [1.82, 2.24) is 4.98 Å². The third-order valence-electron chi connectivity index (χ3n) is 4.35. The van der Waals surface area contributed by atoms with E-state index in [2.05, 4.69) is 32.3 Å². The van der Waals surface area contributed by atoms with Gasteiger partial charge >= 0.3 is 0 Å². The summed E-state index contributed by atoms with van der Waals surface area (Å²) in [5, 5.41) is 3.54. The van der Waals surface area contributed by atoms with Crippen LogP contribution in [0.3, 0.4) is 0 Å². The molecule has 1 aliphatic rings. The lowest BCUT2D eigenvalue weighted by Gasteiger charge is -2.27. The highest BCUT2D eigenvalue weighted by Crippen LogP contribution is 2.27. The zero-order valence-corrected chi connectivity index (χ0v) is 18.4. The number of benzene rings is 1. The molecule has 8 heteroatoms. The summed E-state index contributed by atoms with van der Waals surface area (Å²) in [5.74, 6) is 1.98. The summed E-state index contributed by atoms with van der Waals surface area (Å²) in [7, 11) is 1.58. The Bertz CT molecular complexity index is 763. The molecule has 1 fully saturated rings. The van der Waals surface area contributed by atoms with Gasteiger partial charge in [-0.05, 0) is 49.1 Å². The minimum Gasteiger partial charge on any atom is -0.495 e. The van der Waals surface area contributed by atoms with E-state index in [1.807, 2.05) is 12.3 Å². The summed E-state index contributed by atoms with van der Waals surface area (Å²) in [6.45, 7) is 2.65. The third kappa shape index (κ3) is 6.14. The number of aliphatic imine (C=N–C) groups is 1. The van der Waals surface area contributed by atoms with E-state index < -0.39 is 0 Å². The lowest BCUT2D eigenvalue weighted by molar-refractivity contribution is 0.415. The van der Waals surface area contributed by atoms with Crippen LogP contribution in [0.2, 0.25) is 5.02 Å². The predicted molar refractivity (Wildman–Crippen MR) is 123 cm³/mol. The van der Waals surface area contributed by atoms with E-state index in [1.54, 1.807) is 19.2 Å². The van der Waals surface area contributed by atoms with Crippen LogP contribution in [-0.2, 0) is 6.54 Å². The molecule has 0 amide bonds. The number of anilines is 2. The molecular formula is C19H25ClIN5O. The predicted octanol–water partition coefficient (Wildman–Crippen LogP) is 4.28. The van der Waals surface area contributed by atoms with Gasteiger partial charge in [0.1, 0.15) is 11.6 Å². The Labute approximate surface area is 182 Å². The van der Waals surface area contributed by atoms with Gasteiger partial charge in [0.05, 0.1) is 18.7 Å². The number of ether oxygens (including phenoxy) is 1. The molecule has 0 bridgehead atoms. The van der Waals surface area contributed by atoms with Crippen LogP contribution in [0.4, 0.5) is 11.5 Å². The number of aromatic nitrogens is 1. The second kappa shape index (κ2) is 10.6. The van der Waals surface area contributed by atoms with Crippen LogP contribution < -0.4 is 20.7 Å². The summed E-state index contributed by atoms with van der Waals surface area (Å²) in [6, 6.07) is 9.47. The molecule has 0 saturated carbocycles. The zero-order chi connectivity index (χ0) is 18.4. The Balaban J connectivity index is 0.00000261. The second-order valence-electron chi connectivity index (χ2n) is 6.25. The molecular weight excluding hydrogens is 477 g/mol. The molecule has 1 aliphatic heterocycles. The molecule has 27 heavy (non-hydrogen) atoms. The van der Waals surface area contributed by atoms with Crippen molar-refractivity contribution >= 4 is 53.0 Å². The Morgan fingerprint density at radius 1 is 1.26 bits per heavy atom. The van der Waals surface area contributed by atoms with Gasteiger partial charge in [-0.2, -0.15) is 0 Å². The van der Waals surface area contributed by atoms with Crippen molar-refractivity contribution in [3.63, 3.8) is 0 Å². The highest BCUT2D eigenvalue weighted by molar-refractivity contribution is 14.0. The first-order valence-corrected chi connectivity index (χ1v) is 9.14. The lowest BCUT2D eigenvalue weighted by Crippen LogP contribution is -2.30. The highest BCUT2D eigenvalue weighted by atomic mass is 127. The van der Waals surface area contributed by atoms with Crippen molar-refractivity contribution in [2.75, 3.05) is 30.4 Å². The number of halogens is 2. The number of nitrogens with zero attached hydrogens (tertiary/aromatic N) is 3. The number of guanidine groups is 1. The van der Waals surface area contributed by atoms with E-state index in [1.165, 1.54) is 19.3 Å². The molecule has 2 aromatic rings. The molecule has 1 aromatic heterocycles. The molecule has 0 aliphatic carbocycles. The molecule has 3 rings (SSSR count). The standard InChI is InChI=1S/C19H24ClN5O.HI/c1-26-17-7-6-15(11-16(17)20)24-19(21)23-13-14-5-8-18(22-12-14)25-9-3-2-4-10-25;/h5-8,11-12H,2-4,9-10,13H2,1H3,(H3,21,23,24);1H. The highest BCUT2D eigenvalue weighted by Gasteiger charge is 2.11. The minimum absolute atomic E-state index is 0. The fraction of sp³-hybridized carbons (Fsp3) is 0.368. The van der Waals surface area contributed by atoms with Crippen molar-refractivity contribution in [3.8, 4) is 5.75 Å². The van der Waals surface area contributed by atoms with Gasteiger partial charge < -0.3 is 20.7 Å². The molecule has 0 unspecified atom stereocenters. The van der Waals surface area contributed by atoms with Crippen LogP contribution in [-0.4, -0.2) is 31.1 Å². The number of hydrogen-bond donors (Lipinski definition) is 2. The largest absolute Gasteiger partial charge is 0.495 e. The molecule has 0 atom stereocenters. The summed E-state index contributed by atoms with van der Waals surface area (Å²) in [6.07, 6.45) is 5.66. The lowest BCUT2D eigenvalue weighted by atomic mass is 10.1. The SMILES string of the molecule is COc1ccc(NC(N)=NCc2ccc(N3CCCCC3)nc2)cc1Cl.I. The molecule has 0 radical (unpaired) electrons. The van der Waals surface area contributed by atoms with Crippen LogP contribution >= 0.6 is 35.6 Å². The average molecular weight is 502 g/mol. The molecule has 3 N–H and O–H groups in total. The number of pyridine rings is 1. The first-order chi connectivity index (χ1) is 12.7. The Hall–Kier alpha value is -1.74. The number of methoxy groups -OCH3 is 1. The first-order valence-electron chi connectivity index (χ1n) is 8.76. The third-order valence-corrected chi connectivity index (χ3v) is 4.64. The quantitative estimate of drug-likeness (QED) is 0.363. The maximum absolute atomic E-state index is 6.11. The van der Waals surface area contributed by atoms with Crippen molar-refractivity contribution in [2.24, 2.45) is 10.7 Å². The molecule has 2 heterocycles. The molecule has 146 valence electrons. The number of nitrogens with two attached hydrogens (primary N) is 1. The van der Waals surface area contributed by atoms with Gasteiger partial charge in [-0.1, -0.05) is 17.7 Å². The Morgan fingerprint density at radius 3 is 2.67 bits per heavy atom. The first kappa shape index (κ1) is 21.6. The summed E-state index contributed by atoms with van der Waals surface area (Å²) in [4.78, 5) is 11.3. The van der Waals surface area contributed by atoms with Crippen molar-refractivity contribution < 1.29 is 4.74 Å². The van der Waals surface area contributed by atoms with Crippen molar-refractivity contribution in [3.05, 3.63) is 47.1 Å². The molecule has 6 nitrogen and oxygen atoms in total. The van der Waals surface area contributed by atoms with Gasteiger partial charge in [-0.3, -0.25) is 0 Å². The number of rotatable bonds is 5. The van der Waals surface area contributed by atoms with E-state index in [0.29, 0.717) is 23.3 Å². The maximum atomic E-state index is 6.11. The number of piperidine rings is 1. The zero-order valence-electron chi connectivity index (χ0n) is 15.3. The smallest absolute Gasteiger partial charge is 0.193 e. The average Bonchev–Trinajstić information content (AvgIpc) is 2.68. The van der Waals surface area contributed by atoms with E-state index in [-0.39, 0.29) is 24.0 Å². The van der Waals surface area contributed by atoms with Crippen LogP contribution in [0.1, 0.15) is 24.8 Å². The molecule has 1 saturated heterocycles. The van der Waals surface area contributed by atoms with Crippen molar-refractivity contribution in [2.45, 2.75) is 25.8 Å². The molecule has 0 spiro atoms. The number of nitrogens with one attached hydrogen (secondary N) is 1. The van der Waals surface area contributed by atoms with E-state index in [0.717, 1.165) is 30.2 Å². The van der Waals surface area contributed by atoms with E-state index in [9.17, 15) is 0 Å². The minimum atomic E-state index is 0. The molecule has 1 aromatic carbocycles. The Kier molecular flexibility index (Phi) is 8.43. The maximum Gasteiger partial charge on any atom is 0.193 e. The van der Waals surface area contributed by atoms with Crippen LogP contribution in [0.25, 0.3) is 0 Å². The summed E-state index contributed by atoms with van der Waals surface area (Å²) >= 11 is 6.11. The van der Waals surface area contributed by atoms with Crippen LogP contribution in [0.15, 0.2) is 41.5 Å². The fourth-order valence-electron chi connectivity index (χ4n) is 2.93. The van der Waals surface area contributed by atoms with Crippen LogP contribution in [0, 0.1) is 0 Å². The summed E-state index contributed by atoms with van der Waals surface area (Å²) < 4.78 is 5.13. The van der Waals surface area contributed by atoms with E-state index >= 15 is 0 Å². The van der Waals surface area contributed by atoms with Gasteiger partial charge in [-0.15, -0.1) is 24.0 Å². The van der Waals surface area contributed by atoms with Crippen LogP contribution in [0.5, 0.6) is 5.75 Å². The normalized spacial score (nSPS) is 14.4. The van der Waals surface area contributed by atoms with Crippen molar-refractivity contribution in [1.29, 1.82) is 0 Å². The van der Waals surface area contributed by atoms with Gasteiger partial charge in [-0.25, -0.2) is 9.98 Å². The van der Waals surface area contributed by atoms with Gasteiger partial charge in [0.2, 0.25) is 0 Å². The Morgan fingerprint density at radius 2 is 2.04 bits per heavy atom. The van der Waals surface area contributed by atoms with Gasteiger partial charge in [0.15, 0.2) is 5.96 Å². The monoisotopic (exact) mass is 501 g/mol. The van der Waals surface area contributed by atoms with E-state index in [4.69, 9.17) is 22.1 Å². The van der Waals surface area contributed by atoms with Gasteiger partial charge in [0.25, 0.3) is 0 Å².